The van der Waals surface area contributed by atoms with Crippen molar-refractivity contribution in [2.45, 2.75) is 38.8 Å². The predicted molar refractivity (Wildman–Crippen MR) is 88.7 cm³/mol. The number of ether oxygens (including phenoxy) is 2. The Morgan fingerprint density at radius 3 is 2.45 bits per heavy atom. The lowest BCUT2D eigenvalue weighted by Crippen LogP contribution is -2.62. The highest BCUT2D eigenvalue weighted by atomic mass is 79.9. The fraction of sp³-hybridized carbons (Fsp3) is 0.600. The van der Waals surface area contributed by atoms with Crippen LogP contribution in [-0.4, -0.2) is 26.3 Å². The van der Waals surface area contributed by atoms with Crippen molar-refractivity contribution in [1.29, 1.82) is 0 Å². The first-order valence-electron chi connectivity index (χ1n) is 6.83. The second-order valence-electron chi connectivity index (χ2n) is 5.46. The number of hydrogen-bond donors (Lipinski definition) is 1. The topological polar surface area (TPSA) is 30.5 Å². The molecule has 0 heterocycles. The summed E-state index contributed by atoms with van der Waals surface area (Å²) in [7, 11) is 3.68. The Labute approximate surface area is 137 Å². The molecule has 3 nitrogen and oxygen atoms in total. The van der Waals surface area contributed by atoms with Gasteiger partial charge in [-0.05, 0) is 57.5 Å². The van der Waals surface area contributed by atoms with E-state index in [9.17, 15) is 0 Å². The van der Waals surface area contributed by atoms with Gasteiger partial charge < -0.3 is 14.8 Å². The highest BCUT2D eigenvalue weighted by Gasteiger charge is 2.51. The minimum atomic E-state index is 0.181. The van der Waals surface area contributed by atoms with Gasteiger partial charge in [0.2, 0.25) is 0 Å². The molecule has 1 fully saturated rings. The first-order valence-corrected chi connectivity index (χ1v) is 8.41. The van der Waals surface area contributed by atoms with Crippen LogP contribution in [0.15, 0.2) is 21.1 Å². The third kappa shape index (κ3) is 2.72. The van der Waals surface area contributed by atoms with E-state index in [1.807, 2.05) is 19.2 Å². The molecule has 0 amide bonds. The zero-order valence-corrected chi connectivity index (χ0v) is 15.5. The van der Waals surface area contributed by atoms with Crippen LogP contribution < -0.4 is 14.8 Å². The van der Waals surface area contributed by atoms with Crippen LogP contribution in [-0.2, 0) is 0 Å². The van der Waals surface area contributed by atoms with Crippen LogP contribution in [0.4, 0.5) is 0 Å². The van der Waals surface area contributed by atoms with Crippen LogP contribution in [0.2, 0.25) is 0 Å². The molecule has 0 bridgehead atoms. The summed E-state index contributed by atoms with van der Waals surface area (Å²) in [4.78, 5) is 0. The van der Waals surface area contributed by atoms with E-state index in [0.717, 1.165) is 33.3 Å². The summed E-state index contributed by atoms with van der Waals surface area (Å²) in [5.41, 5.74) is 0.181. The van der Waals surface area contributed by atoms with E-state index in [1.165, 1.54) is 0 Å². The van der Waals surface area contributed by atoms with E-state index in [1.54, 1.807) is 7.11 Å². The lowest BCUT2D eigenvalue weighted by atomic mass is 9.61. The second-order valence-corrected chi connectivity index (χ2v) is 7.17. The number of hydrogen-bond acceptors (Lipinski definition) is 3. The SMILES string of the molecule is CCC1(C)C(NC)CC1Oc1cc(Br)c(OC)cc1Br. The van der Waals surface area contributed by atoms with Gasteiger partial charge in [-0.15, -0.1) is 0 Å². The molecule has 3 atom stereocenters. The fourth-order valence-corrected chi connectivity index (χ4v) is 3.73. The van der Waals surface area contributed by atoms with E-state index in [2.05, 4.69) is 51.0 Å². The van der Waals surface area contributed by atoms with E-state index in [0.29, 0.717) is 6.04 Å². The summed E-state index contributed by atoms with van der Waals surface area (Å²) in [6.45, 7) is 4.51. The smallest absolute Gasteiger partial charge is 0.135 e. The van der Waals surface area contributed by atoms with Gasteiger partial charge in [0.25, 0.3) is 0 Å². The van der Waals surface area contributed by atoms with E-state index >= 15 is 0 Å². The molecular formula is C15H21Br2NO2. The molecule has 1 aliphatic carbocycles. The quantitative estimate of drug-likeness (QED) is 0.787. The molecule has 3 unspecified atom stereocenters. The Morgan fingerprint density at radius 1 is 1.30 bits per heavy atom. The Kier molecular flexibility index (Phi) is 5.03. The van der Waals surface area contributed by atoms with Gasteiger partial charge in [0.15, 0.2) is 0 Å². The van der Waals surface area contributed by atoms with Crippen LogP contribution in [0.3, 0.4) is 0 Å². The van der Waals surface area contributed by atoms with Crippen molar-refractivity contribution in [2.75, 3.05) is 14.2 Å². The molecule has 5 heteroatoms. The average Bonchev–Trinajstić information content (AvgIpc) is 2.44. The van der Waals surface area contributed by atoms with Crippen LogP contribution in [0.1, 0.15) is 26.7 Å². The third-order valence-corrected chi connectivity index (χ3v) is 5.81. The average molecular weight is 407 g/mol. The predicted octanol–water partition coefficient (Wildman–Crippen LogP) is 4.38. The maximum absolute atomic E-state index is 6.23. The van der Waals surface area contributed by atoms with Crippen molar-refractivity contribution < 1.29 is 9.47 Å². The molecule has 0 spiro atoms. The van der Waals surface area contributed by atoms with Gasteiger partial charge in [-0.1, -0.05) is 13.8 Å². The first kappa shape index (κ1) is 16.1. The minimum Gasteiger partial charge on any atom is -0.496 e. The molecule has 0 radical (unpaired) electrons. The third-order valence-electron chi connectivity index (χ3n) is 4.57. The van der Waals surface area contributed by atoms with Crippen molar-refractivity contribution in [3.63, 3.8) is 0 Å². The van der Waals surface area contributed by atoms with Crippen LogP contribution in [0.25, 0.3) is 0 Å². The zero-order chi connectivity index (χ0) is 14.9. The van der Waals surface area contributed by atoms with Gasteiger partial charge in [-0.3, -0.25) is 0 Å². The van der Waals surface area contributed by atoms with Gasteiger partial charge in [0.05, 0.1) is 16.1 Å². The Bertz CT molecular complexity index is 495. The van der Waals surface area contributed by atoms with Crippen molar-refractivity contribution in [2.24, 2.45) is 5.41 Å². The normalized spacial score (nSPS) is 28.9. The summed E-state index contributed by atoms with van der Waals surface area (Å²) in [6, 6.07) is 4.42. The summed E-state index contributed by atoms with van der Waals surface area (Å²) >= 11 is 7.06. The van der Waals surface area contributed by atoms with Gasteiger partial charge >= 0.3 is 0 Å². The number of benzene rings is 1. The second kappa shape index (κ2) is 6.24. The highest BCUT2D eigenvalue weighted by molar-refractivity contribution is 9.11. The lowest BCUT2D eigenvalue weighted by molar-refractivity contribution is -0.0681. The molecular weight excluding hydrogens is 386 g/mol. The molecule has 1 aromatic carbocycles. The fourth-order valence-electron chi connectivity index (χ4n) is 2.83. The zero-order valence-electron chi connectivity index (χ0n) is 12.3. The molecule has 20 heavy (non-hydrogen) atoms. The monoisotopic (exact) mass is 405 g/mol. The Balaban J connectivity index is 2.17. The summed E-state index contributed by atoms with van der Waals surface area (Å²) in [6.07, 6.45) is 2.37. The molecule has 1 N–H and O–H groups in total. The van der Waals surface area contributed by atoms with Crippen LogP contribution >= 0.6 is 31.9 Å². The maximum atomic E-state index is 6.23. The van der Waals surface area contributed by atoms with E-state index in [-0.39, 0.29) is 11.5 Å². The van der Waals surface area contributed by atoms with Gasteiger partial charge in [0, 0.05) is 17.9 Å². The summed E-state index contributed by atoms with van der Waals surface area (Å²) in [5, 5.41) is 3.38. The minimum absolute atomic E-state index is 0.181. The van der Waals surface area contributed by atoms with Gasteiger partial charge in [-0.25, -0.2) is 0 Å². The van der Waals surface area contributed by atoms with Crippen molar-refractivity contribution in [3.8, 4) is 11.5 Å². The summed E-state index contributed by atoms with van der Waals surface area (Å²) in [5.74, 6) is 1.65. The van der Waals surface area contributed by atoms with Crippen molar-refractivity contribution >= 4 is 31.9 Å². The van der Waals surface area contributed by atoms with Gasteiger partial charge in [0.1, 0.15) is 17.6 Å². The molecule has 2 rings (SSSR count). The lowest BCUT2D eigenvalue weighted by Gasteiger charge is -2.53. The largest absolute Gasteiger partial charge is 0.496 e. The molecule has 1 aromatic rings. The number of rotatable bonds is 5. The number of methoxy groups -OCH3 is 1. The van der Waals surface area contributed by atoms with Crippen LogP contribution in [0, 0.1) is 5.41 Å². The number of nitrogens with one attached hydrogen (secondary N) is 1. The standard InChI is InChI=1S/C15H21Br2NO2/c1-5-15(2)13(18-3)8-14(15)20-12-7-9(16)11(19-4)6-10(12)17/h6-7,13-14,18H,5,8H2,1-4H3. The van der Waals surface area contributed by atoms with Gasteiger partial charge in [-0.2, -0.15) is 0 Å². The molecule has 1 saturated carbocycles. The van der Waals surface area contributed by atoms with Crippen molar-refractivity contribution in [1.82, 2.24) is 5.32 Å². The van der Waals surface area contributed by atoms with E-state index < -0.39 is 0 Å². The first-order chi connectivity index (χ1) is 9.46. The summed E-state index contributed by atoms with van der Waals surface area (Å²) < 4.78 is 13.3. The molecule has 112 valence electrons. The number of halogens is 2. The van der Waals surface area contributed by atoms with Crippen molar-refractivity contribution in [3.05, 3.63) is 21.1 Å². The van der Waals surface area contributed by atoms with E-state index in [4.69, 9.17) is 9.47 Å². The molecule has 0 saturated heterocycles. The molecule has 0 aliphatic heterocycles. The highest BCUT2D eigenvalue weighted by Crippen LogP contribution is 2.47. The Hall–Kier alpha value is -0.260. The molecule has 1 aliphatic rings. The molecule has 0 aromatic heterocycles. The Morgan fingerprint density at radius 2 is 1.90 bits per heavy atom. The maximum Gasteiger partial charge on any atom is 0.135 e. The van der Waals surface area contributed by atoms with Crippen LogP contribution in [0.5, 0.6) is 11.5 Å².